The van der Waals surface area contributed by atoms with E-state index in [0.717, 1.165) is 16.6 Å². The molecule has 27 heavy (non-hydrogen) atoms. The molecule has 0 radical (unpaired) electrons. The zero-order valence-electron chi connectivity index (χ0n) is 14.6. The molecular formula is C20H19ClN2O4. The topological polar surface area (TPSA) is 62.6 Å². The normalized spacial score (nSPS) is 17.1. The van der Waals surface area contributed by atoms with Crippen molar-refractivity contribution in [2.75, 3.05) is 19.8 Å². The monoisotopic (exact) mass is 386 g/mol. The molecule has 0 spiro atoms. The van der Waals surface area contributed by atoms with Gasteiger partial charge in [-0.25, -0.2) is 9.78 Å². The second kappa shape index (κ2) is 8.08. The summed E-state index contributed by atoms with van der Waals surface area (Å²) in [6, 6.07) is 15.6. The van der Waals surface area contributed by atoms with E-state index in [9.17, 15) is 4.79 Å². The van der Waals surface area contributed by atoms with E-state index in [1.165, 1.54) is 0 Å². The molecule has 3 aromatic rings. The van der Waals surface area contributed by atoms with Crippen LogP contribution in [-0.4, -0.2) is 41.4 Å². The van der Waals surface area contributed by atoms with Gasteiger partial charge in [-0.15, -0.1) is 0 Å². The third kappa shape index (κ3) is 4.13. The minimum absolute atomic E-state index is 0.0534. The first kappa shape index (κ1) is 18.0. The second-order valence-corrected chi connectivity index (χ2v) is 6.71. The van der Waals surface area contributed by atoms with Gasteiger partial charge in [0.2, 0.25) is 0 Å². The fourth-order valence-electron chi connectivity index (χ4n) is 3.06. The Bertz CT molecular complexity index is 936. The lowest BCUT2D eigenvalue weighted by Crippen LogP contribution is -2.36. The maximum Gasteiger partial charge on any atom is 0.338 e. The SMILES string of the molecule is O=C(OCc1nc2cc(Cl)ccc2n1Cc1ccccc1)[C@@H]1COCCO1. The van der Waals surface area contributed by atoms with Crippen molar-refractivity contribution < 1.29 is 19.0 Å². The van der Waals surface area contributed by atoms with Crippen LogP contribution in [0.3, 0.4) is 0 Å². The summed E-state index contributed by atoms with van der Waals surface area (Å²) < 4.78 is 18.1. The number of imidazole rings is 1. The van der Waals surface area contributed by atoms with Crippen LogP contribution in [0.2, 0.25) is 5.02 Å². The fourth-order valence-corrected chi connectivity index (χ4v) is 3.22. The molecule has 140 valence electrons. The van der Waals surface area contributed by atoms with Crippen LogP contribution >= 0.6 is 11.6 Å². The van der Waals surface area contributed by atoms with Gasteiger partial charge in [-0.05, 0) is 23.8 Å². The van der Waals surface area contributed by atoms with Crippen LogP contribution in [-0.2, 0) is 32.2 Å². The van der Waals surface area contributed by atoms with Crippen molar-refractivity contribution in [3.8, 4) is 0 Å². The summed E-state index contributed by atoms with van der Waals surface area (Å²) in [5, 5.41) is 0.614. The van der Waals surface area contributed by atoms with E-state index >= 15 is 0 Å². The average molecular weight is 387 g/mol. The lowest BCUT2D eigenvalue weighted by molar-refractivity contribution is -0.172. The minimum atomic E-state index is -0.680. The minimum Gasteiger partial charge on any atom is -0.456 e. The van der Waals surface area contributed by atoms with Gasteiger partial charge in [0, 0.05) is 11.6 Å². The van der Waals surface area contributed by atoms with Crippen LogP contribution in [0.4, 0.5) is 0 Å². The molecule has 2 aromatic carbocycles. The molecule has 1 aromatic heterocycles. The number of rotatable bonds is 5. The Balaban J connectivity index is 1.58. The van der Waals surface area contributed by atoms with Gasteiger partial charge in [-0.2, -0.15) is 0 Å². The van der Waals surface area contributed by atoms with Crippen molar-refractivity contribution in [2.45, 2.75) is 19.3 Å². The lowest BCUT2D eigenvalue weighted by Gasteiger charge is -2.21. The van der Waals surface area contributed by atoms with E-state index in [2.05, 4.69) is 4.98 Å². The quantitative estimate of drug-likeness (QED) is 0.630. The van der Waals surface area contributed by atoms with Gasteiger partial charge in [0.1, 0.15) is 12.4 Å². The van der Waals surface area contributed by atoms with Gasteiger partial charge in [0.15, 0.2) is 6.10 Å². The standard InChI is InChI=1S/C20H19ClN2O4/c21-15-6-7-17-16(10-15)22-19(23(17)11-14-4-2-1-3-5-14)13-27-20(24)18-12-25-8-9-26-18/h1-7,10,18H,8-9,11-13H2/t18-/m0/s1. The summed E-state index contributed by atoms with van der Waals surface area (Å²) in [4.78, 5) is 16.8. The van der Waals surface area contributed by atoms with Crippen molar-refractivity contribution in [3.63, 3.8) is 0 Å². The summed E-state index contributed by atoms with van der Waals surface area (Å²) in [5.74, 6) is 0.215. The molecule has 0 amide bonds. The van der Waals surface area contributed by atoms with Crippen LogP contribution in [0, 0.1) is 0 Å². The zero-order chi connectivity index (χ0) is 18.6. The Hall–Kier alpha value is -2.41. The predicted octanol–water partition coefficient (Wildman–Crippen LogP) is 3.20. The molecule has 4 rings (SSSR count). The molecule has 1 fully saturated rings. The number of fused-ring (bicyclic) bond motifs is 1. The molecule has 0 aliphatic carbocycles. The fraction of sp³-hybridized carbons (Fsp3) is 0.300. The highest BCUT2D eigenvalue weighted by Crippen LogP contribution is 2.22. The molecule has 1 saturated heterocycles. The van der Waals surface area contributed by atoms with E-state index < -0.39 is 12.1 Å². The highest BCUT2D eigenvalue weighted by Gasteiger charge is 2.25. The summed E-state index contributed by atoms with van der Waals surface area (Å²) in [6.07, 6.45) is -0.680. The molecule has 0 N–H and O–H groups in total. The van der Waals surface area contributed by atoms with Gasteiger partial charge in [-0.1, -0.05) is 41.9 Å². The van der Waals surface area contributed by atoms with Gasteiger partial charge in [-0.3, -0.25) is 0 Å². The highest BCUT2D eigenvalue weighted by molar-refractivity contribution is 6.31. The molecule has 2 heterocycles. The number of halogens is 1. The van der Waals surface area contributed by atoms with Crippen molar-refractivity contribution in [1.82, 2.24) is 9.55 Å². The van der Waals surface area contributed by atoms with Gasteiger partial charge in [0.05, 0.1) is 30.9 Å². The Morgan fingerprint density at radius 3 is 2.85 bits per heavy atom. The van der Waals surface area contributed by atoms with Gasteiger partial charge in [0.25, 0.3) is 0 Å². The zero-order valence-corrected chi connectivity index (χ0v) is 15.4. The summed E-state index contributed by atoms with van der Waals surface area (Å²) in [7, 11) is 0. The second-order valence-electron chi connectivity index (χ2n) is 6.27. The number of benzene rings is 2. The molecule has 7 heteroatoms. The number of hydrogen-bond donors (Lipinski definition) is 0. The number of aromatic nitrogens is 2. The number of nitrogens with zero attached hydrogens (tertiary/aromatic N) is 2. The molecule has 0 unspecified atom stereocenters. The van der Waals surface area contributed by atoms with Crippen molar-refractivity contribution >= 4 is 28.6 Å². The first-order valence-corrected chi connectivity index (χ1v) is 9.13. The summed E-state index contributed by atoms with van der Waals surface area (Å²) >= 11 is 6.10. The van der Waals surface area contributed by atoms with E-state index in [-0.39, 0.29) is 13.2 Å². The molecule has 1 atom stereocenters. The van der Waals surface area contributed by atoms with Gasteiger partial charge < -0.3 is 18.8 Å². The van der Waals surface area contributed by atoms with Crippen molar-refractivity contribution in [1.29, 1.82) is 0 Å². The van der Waals surface area contributed by atoms with Crippen molar-refractivity contribution in [3.05, 3.63) is 64.9 Å². The summed E-state index contributed by atoms with van der Waals surface area (Å²) in [6.45, 7) is 1.78. The molecule has 0 bridgehead atoms. The maximum absolute atomic E-state index is 12.2. The van der Waals surface area contributed by atoms with E-state index in [0.29, 0.717) is 30.6 Å². The van der Waals surface area contributed by atoms with E-state index in [4.69, 9.17) is 25.8 Å². The maximum atomic E-state index is 12.2. The molecule has 1 aliphatic rings. The first-order valence-electron chi connectivity index (χ1n) is 8.75. The van der Waals surface area contributed by atoms with Crippen LogP contribution < -0.4 is 0 Å². The lowest BCUT2D eigenvalue weighted by atomic mass is 10.2. The molecule has 0 saturated carbocycles. The summed E-state index contributed by atoms with van der Waals surface area (Å²) in [5.41, 5.74) is 2.83. The molecule has 6 nitrogen and oxygen atoms in total. The number of hydrogen-bond acceptors (Lipinski definition) is 5. The number of ether oxygens (including phenoxy) is 3. The third-order valence-corrected chi connectivity index (χ3v) is 4.63. The van der Waals surface area contributed by atoms with E-state index in [1.54, 1.807) is 0 Å². The predicted molar refractivity (Wildman–Crippen MR) is 101 cm³/mol. The van der Waals surface area contributed by atoms with Crippen LogP contribution in [0.15, 0.2) is 48.5 Å². The number of esters is 1. The van der Waals surface area contributed by atoms with Gasteiger partial charge >= 0.3 is 5.97 Å². The Kier molecular flexibility index (Phi) is 5.38. The van der Waals surface area contributed by atoms with Crippen LogP contribution in [0.5, 0.6) is 0 Å². The third-order valence-electron chi connectivity index (χ3n) is 4.40. The highest BCUT2D eigenvalue weighted by atomic mass is 35.5. The smallest absolute Gasteiger partial charge is 0.338 e. The molecular weight excluding hydrogens is 368 g/mol. The Labute approximate surface area is 161 Å². The van der Waals surface area contributed by atoms with E-state index in [1.807, 2.05) is 53.1 Å². The Morgan fingerprint density at radius 1 is 1.22 bits per heavy atom. The van der Waals surface area contributed by atoms with Crippen LogP contribution in [0.25, 0.3) is 11.0 Å². The number of carbonyl (C=O) groups excluding carboxylic acids is 1. The van der Waals surface area contributed by atoms with Crippen molar-refractivity contribution in [2.24, 2.45) is 0 Å². The largest absolute Gasteiger partial charge is 0.456 e. The number of carbonyl (C=O) groups is 1. The average Bonchev–Trinajstić information content (AvgIpc) is 3.04. The van der Waals surface area contributed by atoms with Crippen LogP contribution in [0.1, 0.15) is 11.4 Å². The molecule has 1 aliphatic heterocycles. The first-order chi connectivity index (χ1) is 13.2. The Morgan fingerprint density at radius 2 is 2.07 bits per heavy atom.